The third-order valence-corrected chi connectivity index (χ3v) is 9.58. The molecule has 10 nitrogen and oxygen atoms in total. The van der Waals surface area contributed by atoms with Gasteiger partial charge in [0.2, 0.25) is 11.8 Å². The Kier molecular flexibility index (Phi) is 6.88. The Balaban J connectivity index is 1.54. The third-order valence-electron chi connectivity index (χ3n) is 6.89. The molecule has 0 aliphatic carbocycles. The van der Waals surface area contributed by atoms with Crippen LogP contribution in [0.15, 0.2) is 24.3 Å². The van der Waals surface area contributed by atoms with Crippen molar-refractivity contribution in [3.63, 3.8) is 0 Å². The minimum absolute atomic E-state index is 0.0240. The van der Waals surface area contributed by atoms with Gasteiger partial charge in [0.05, 0.1) is 15.2 Å². The molecule has 2 aliphatic rings. The van der Waals surface area contributed by atoms with E-state index < -0.39 is 38.0 Å². The maximum atomic E-state index is 13.5. The van der Waals surface area contributed by atoms with Gasteiger partial charge < -0.3 is 30.4 Å². The first-order valence-electron chi connectivity index (χ1n) is 11.9. The van der Waals surface area contributed by atoms with Crippen molar-refractivity contribution in [2.45, 2.75) is 50.5 Å². The average Bonchev–Trinajstić information content (AvgIpc) is 3.39. The van der Waals surface area contributed by atoms with Gasteiger partial charge in [-0.2, -0.15) is 0 Å². The number of fused-ring (bicyclic) bond motifs is 1. The summed E-state index contributed by atoms with van der Waals surface area (Å²) in [6, 6.07) is 5.78. The Hall–Kier alpha value is -3.34. The molecule has 0 spiro atoms. The van der Waals surface area contributed by atoms with Gasteiger partial charge in [0, 0.05) is 29.5 Å². The van der Waals surface area contributed by atoms with Gasteiger partial charge in [0.1, 0.15) is 23.5 Å². The van der Waals surface area contributed by atoms with Crippen molar-refractivity contribution in [3.05, 3.63) is 30.0 Å². The molecule has 11 heteroatoms. The largest absolute Gasteiger partial charge is 0.496 e. The SMILES string of the molecule is COc1cccc2[nH]c(C(=O)N3C[Si](C)(C)C[C@H]3C(=O)N[C@@H](C[C@@H]3CCCNC3=O)C(=O)O)cc12. The fraction of sp³-hybridized carbons (Fsp3) is 0.500. The lowest BCUT2D eigenvalue weighted by Crippen LogP contribution is -2.52. The molecule has 3 atom stereocenters. The van der Waals surface area contributed by atoms with E-state index in [1.54, 1.807) is 18.1 Å². The fourth-order valence-electron chi connectivity index (χ4n) is 5.13. The highest BCUT2D eigenvalue weighted by molar-refractivity contribution is 6.79. The van der Waals surface area contributed by atoms with Gasteiger partial charge in [-0.3, -0.25) is 14.4 Å². The van der Waals surface area contributed by atoms with E-state index in [-0.39, 0.29) is 18.2 Å². The number of aromatic nitrogens is 1. The van der Waals surface area contributed by atoms with Crippen LogP contribution < -0.4 is 15.4 Å². The van der Waals surface area contributed by atoms with E-state index in [1.807, 2.05) is 18.2 Å². The molecular weight excluding hydrogens is 468 g/mol. The highest BCUT2D eigenvalue weighted by atomic mass is 28.3. The summed E-state index contributed by atoms with van der Waals surface area (Å²) in [4.78, 5) is 55.6. The molecule has 1 aromatic heterocycles. The highest BCUT2D eigenvalue weighted by Gasteiger charge is 2.46. The number of methoxy groups -OCH3 is 1. The van der Waals surface area contributed by atoms with Crippen LogP contribution in [0.2, 0.25) is 19.1 Å². The van der Waals surface area contributed by atoms with Crippen LogP contribution >= 0.6 is 0 Å². The standard InChI is InChI=1S/C24H32N4O6Si/c1-34-20-8-4-7-16-15(20)11-17(26-16)23(31)28-13-35(2,3)12-19(28)22(30)27-18(24(32)33)10-14-6-5-9-25-21(14)29/h4,7-8,11,14,18-19,26H,5-6,9-10,12-13H2,1-3H3,(H,25,29)(H,27,30)(H,32,33)/t14-,18-,19-/m0/s1. The Morgan fingerprint density at radius 3 is 2.77 bits per heavy atom. The van der Waals surface area contributed by atoms with Gasteiger partial charge in [-0.05, 0) is 43.5 Å². The predicted molar refractivity (Wildman–Crippen MR) is 132 cm³/mol. The number of rotatable bonds is 7. The second-order valence-electron chi connectivity index (χ2n) is 10.2. The molecule has 4 rings (SSSR count). The zero-order valence-electron chi connectivity index (χ0n) is 20.2. The van der Waals surface area contributed by atoms with E-state index in [0.29, 0.717) is 36.6 Å². The van der Waals surface area contributed by atoms with Crippen LogP contribution in [0.3, 0.4) is 0 Å². The van der Waals surface area contributed by atoms with Crippen molar-refractivity contribution >= 4 is 42.7 Å². The van der Waals surface area contributed by atoms with Crippen LogP contribution in [0.4, 0.5) is 0 Å². The van der Waals surface area contributed by atoms with E-state index in [4.69, 9.17) is 4.74 Å². The summed E-state index contributed by atoms with van der Waals surface area (Å²) in [5.41, 5.74) is 1.10. The number of H-pyrrole nitrogens is 1. The van der Waals surface area contributed by atoms with Gasteiger partial charge in [-0.25, -0.2) is 4.79 Å². The number of amides is 3. The number of carboxylic acids is 1. The van der Waals surface area contributed by atoms with Crippen LogP contribution in [0, 0.1) is 5.92 Å². The number of hydrogen-bond acceptors (Lipinski definition) is 5. The summed E-state index contributed by atoms with van der Waals surface area (Å²) in [7, 11) is -0.356. The van der Waals surface area contributed by atoms with Crippen molar-refractivity contribution < 1.29 is 29.0 Å². The van der Waals surface area contributed by atoms with Crippen molar-refractivity contribution in [2.75, 3.05) is 19.8 Å². The Morgan fingerprint density at radius 1 is 1.31 bits per heavy atom. The molecule has 2 saturated heterocycles. The van der Waals surface area contributed by atoms with E-state index in [1.165, 1.54) is 0 Å². The Labute approximate surface area is 204 Å². The number of hydrogen-bond donors (Lipinski definition) is 4. The molecule has 3 heterocycles. The van der Waals surface area contributed by atoms with Crippen LogP contribution in [0.1, 0.15) is 29.8 Å². The predicted octanol–water partition coefficient (Wildman–Crippen LogP) is 1.73. The molecule has 2 aromatic rings. The first kappa shape index (κ1) is 24.8. The minimum Gasteiger partial charge on any atom is -0.496 e. The second kappa shape index (κ2) is 9.72. The normalized spacial score (nSPS) is 22.5. The monoisotopic (exact) mass is 500 g/mol. The number of nitrogens with one attached hydrogen (secondary N) is 3. The lowest BCUT2D eigenvalue weighted by atomic mass is 9.91. The third kappa shape index (κ3) is 5.19. The molecular formula is C24H32N4O6Si. The van der Waals surface area contributed by atoms with Crippen molar-refractivity contribution in [1.29, 1.82) is 0 Å². The zero-order chi connectivity index (χ0) is 25.3. The zero-order valence-corrected chi connectivity index (χ0v) is 21.2. The molecule has 35 heavy (non-hydrogen) atoms. The number of nitrogens with zero attached hydrogens (tertiary/aromatic N) is 1. The molecule has 3 amide bonds. The molecule has 0 saturated carbocycles. The number of carboxylic acid groups (broad SMARTS) is 1. The summed E-state index contributed by atoms with van der Waals surface area (Å²) in [6.07, 6.45) is 1.87. The summed E-state index contributed by atoms with van der Waals surface area (Å²) in [6.45, 7) is 4.80. The van der Waals surface area contributed by atoms with Crippen molar-refractivity contribution in [2.24, 2.45) is 5.92 Å². The number of ether oxygens (including phenoxy) is 1. The van der Waals surface area contributed by atoms with Gasteiger partial charge >= 0.3 is 5.97 Å². The molecule has 2 fully saturated rings. The van der Waals surface area contributed by atoms with Crippen LogP contribution in [-0.4, -0.2) is 78.7 Å². The number of carbonyl (C=O) groups is 4. The summed E-state index contributed by atoms with van der Waals surface area (Å²) < 4.78 is 5.39. The smallest absolute Gasteiger partial charge is 0.326 e. The number of carbonyl (C=O) groups excluding carboxylic acids is 3. The van der Waals surface area contributed by atoms with E-state index >= 15 is 0 Å². The number of benzene rings is 1. The Bertz CT molecular complexity index is 1160. The quantitative estimate of drug-likeness (QED) is 0.427. The maximum absolute atomic E-state index is 13.5. The first-order valence-corrected chi connectivity index (χ1v) is 15.3. The molecule has 1 aromatic carbocycles. The van der Waals surface area contributed by atoms with Gasteiger partial charge in [-0.15, -0.1) is 0 Å². The lowest BCUT2D eigenvalue weighted by Gasteiger charge is -2.28. The molecule has 4 N–H and O–H groups in total. The second-order valence-corrected chi connectivity index (χ2v) is 15.2. The molecule has 0 bridgehead atoms. The van der Waals surface area contributed by atoms with Gasteiger partial charge in [0.15, 0.2) is 0 Å². The van der Waals surface area contributed by atoms with Crippen LogP contribution in [0.5, 0.6) is 5.75 Å². The summed E-state index contributed by atoms with van der Waals surface area (Å²) in [5.74, 6) is -1.99. The lowest BCUT2D eigenvalue weighted by molar-refractivity contribution is -0.143. The molecule has 0 unspecified atom stereocenters. The first-order chi connectivity index (χ1) is 16.6. The summed E-state index contributed by atoms with van der Waals surface area (Å²) in [5, 5.41) is 15.9. The maximum Gasteiger partial charge on any atom is 0.326 e. The van der Waals surface area contributed by atoms with Crippen molar-refractivity contribution in [1.82, 2.24) is 20.5 Å². The van der Waals surface area contributed by atoms with Crippen molar-refractivity contribution in [3.8, 4) is 5.75 Å². The Morgan fingerprint density at radius 2 is 2.09 bits per heavy atom. The van der Waals surface area contributed by atoms with Gasteiger partial charge in [0.25, 0.3) is 5.91 Å². The minimum atomic E-state index is -1.92. The number of aliphatic carboxylic acids is 1. The van der Waals surface area contributed by atoms with E-state index in [9.17, 15) is 24.3 Å². The highest BCUT2D eigenvalue weighted by Crippen LogP contribution is 2.31. The average molecular weight is 501 g/mol. The number of aromatic amines is 1. The van der Waals surface area contributed by atoms with Gasteiger partial charge in [-0.1, -0.05) is 19.2 Å². The van der Waals surface area contributed by atoms with Crippen LogP contribution in [0.25, 0.3) is 10.9 Å². The summed E-state index contributed by atoms with van der Waals surface area (Å²) >= 11 is 0. The molecule has 2 aliphatic heterocycles. The molecule has 188 valence electrons. The van der Waals surface area contributed by atoms with E-state index in [0.717, 1.165) is 17.3 Å². The van der Waals surface area contributed by atoms with E-state index in [2.05, 4.69) is 28.7 Å². The number of piperidine rings is 1. The molecule has 0 radical (unpaired) electrons. The van der Waals surface area contributed by atoms with Crippen LogP contribution in [-0.2, 0) is 14.4 Å². The topological polar surface area (TPSA) is 141 Å². The fourth-order valence-corrected chi connectivity index (χ4v) is 7.99.